The molecule has 2 rings (SSSR count). The number of aryl methyl sites for hydroxylation is 1. The quantitative estimate of drug-likeness (QED) is 0.837. The predicted molar refractivity (Wildman–Crippen MR) is 68.0 cm³/mol. The zero-order valence-corrected chi connectivity index (χ0v) is 10.8. The van der Waals surface area contributed by atoms with E-state index in [2.05, 4.69) is 35.1 Å². The second-order valence-corrected chi connectivity index (χ2v) is 5.22. The van der Waals surface area contributed by atoms with Crippen molar-refractivity contribution in [1.82, 2.24) is 15.1 Å². The lowest BCUT2D eigenvalue weighted by atomic mass is 9.79. The van der Waals surface area contributed by atoms with Gasteiger partial charge in [0.05, 0.1) is 18.8 Å². The van der Waals surface area contributed by atoms with Crippen molar-refractivity contribution in [2.45, 2.75) is 51.1 Å². The van der Waals surface area contributed by atoms with E-state index in [0.717, 1.165) is 32.2 Å². The van der Waals surface area contributed by atoms with Crippen LogP contribution in [0, 0.1) is 6.92 Å². The maximum absolute atomic E-state index is 9.65. The molecule has 1 aliphatic carbocycles. The van der Waals surface area contributed by atoms with Gasteiger partial charge in [0.25, 0.3) is 0 Å². The summed E-state index contributed by atoms with van der Waals surface area (Å²) in [7, 11) is 0. The summed E-state index contributed by atoms with van der Waals surface area (Å²) >= 11 is 0. The van der Waals surface area contributed by atoms with E-state index in [1.165, 1.54) is 5.56 Å². The molecule has 0 radical (unpaired) electrons. The first-order valence-corrected chi connectivity index (χ1v) is 6.56. The molecular weight excluding hydrogens is 214 g/mol. The summed E-state index contributed by atoms with van der Waals surface area (Å²) < 4.78 is 2.07. The van der Waals surface area contributed by atoms with Crippen LogP contribution >= 0.6 is 0 Å². The highest BCUT2D eigenvalue weighted by Gasteiger charge is 2.35. The molecule has 1 aromatic rings. The van der Waals surface area contributed by atoms with Crippen LogP contribution in [0.1, 0.15) is 44.2 Å². The van der Waals surface area contributed by atoms with E-state index < -0.39 is 0 Å². The highest BCUT2D eigenvalue weighted by Crippen LogP contribution is 2.35. The fraction of sp³-hybridized carbons (Fsp3) is 0.769. The average Bonchev–Trinajstić information content (AvgIpc) is 2.77. The molecule has 0 aromatic carbocycles. The smallest absolute Gasteiger partial charge is 0.0614 e. The average molecular weight is 237 g/mol. The Kier molecular flexibility index (Phi) is 3.84. The van der Waals surface area contributed by atoms with Gasteiger partial charge in [0, 0.05) is 11.7 Å². The molecule has 4 heteroatoms. The minimum absolute atomic E-state index is 0.0997. The number of nitrogens with one attached hydrogen (secondary N) is 1. The van der Waals surface area contributed by atoms with Gasteiger partial charge in [-0.25, -0.2) is 0 Å². The van der Waals surface area contributed by atoms with Crippen molar-refractivity contribution in [3.8, 4) is 0 Å². The van der Waals surface area contributed by atoms with E-state index in [9.17, 15) is 5.11 Å². The molecule has 2 unspecified atom stereocenters. The maximum atomic E-state index is 9.65. The van der Waals surface area contributed by atoms with E-state index >= 15 is 0 Å². The van der Waals surface area contributed by atoms with Crippen LogP contribution < -0.4 is 5.32 Å². The lowest BCUT2D eigenvalue weighted by Gasteiger charge is -2.40. The van der Waals surface area contributed by atoms with Crippen molar-refractivity contribution < 1.29 is 5.11 Å². The molecular formula is C13H23N3O. The van der Waals surface area contributed by atoms with Crippen molar-refractivity contribution in [1.29, 1.82) is 0 Å². The van der Waals surface area contributed by atoms with Gasteiger partial charge in [0.2, 0.25) is 0 Å². The summed E-state index contributed by atoms with van der Waals surface area (Å²) in [6.45, 7) is 5.29. The molecule has 0 amide bonds. The van der Waals surface area contributed by atoms with Gasteiger partial charge in [-0.15, -0.1) is 0 Å². The molecule has 4 nitrogen and oxygen atoms in total. The largest absolute Gasteiger partial charge is 0.394 e. The highest BCUT2D eigenvalue weighted by atomic mass is 16.3. The molecule has 96 valence electrons. The third-order valence-corrected chi connectivity index (χ3v) is 3.78. The summed E-state index contributed by atoms with van der Waals surface area (Å²) in [5.74, 6) is 0. The Balaban J connectivity index is 2.10. The number of nitrogens with zero attached hydrogens (tertiary/aromatic N) is 2. The number of likely N-dealkylation sites (N-methyl/N-ethyl adjacent to an activating group) is 1. The second kappa shape index (κ2) is 5.19. The Morgan fingerprint density at radius 2 is 2.47 bits per heavy atom. The Labute approximate surface area is 103 Å². The first kappa shape index (κ1) is 12.6. The van der Waals surface area contributed by atoms with Crippen molar-refractivity contribution in [2.24, 2.45) is 0 Å². The number of hydrogen-bond acceptors (Lipinski definition) is 3. The van der Waals surface area contributed by atoms with Crippen LogP contribution in [0.4, 0.5) is 0 Å². The molecule has 0 saturated heterocycles. The zero-order chi connectivity index (χ0) is 12.3. The van der Waals surface area contributed by atoms with Crippen LogP contribution in [-0.2, 0) is 0 Å². The fourth-order valence-corrected chi connectivity index (χ4v) is 2.92. The third kappa shape index (κ3) is 2.69. The zero-order valence-electron chi connectivity index (χ0n) is 10.8. The molecule has 0 spiro atoms. The van der Waals surface area contributed by atoms with Crippen LogP contribution in [0.3, 0.4) is 0 Å². The second-order valence-electron chi connectivity index (χ2n) is 5.22. The van der Waals surface area contributed by atoms with Crippen molar-refractivity contribution in [2.75, 3.05) is 13.2 Å². The molecule has 1 aliphatic rings. The molecule has 17 heavy (non-hydrogen) atoms. The number of aromatic nitrogens is 2. The van der Waals surface area contributed by atoms with Gasteiger partial charge in [-0.1, -0.05) is 6.92 Å². The SMILES string of the molecule is CCNC1(CO)CCCC(n2cc(C)cn2)C1. The van der Waals surface area contributed by atoms with Crippen LogP contribution in [0.15, 0.2) is 12.4 Å². The molecule has 1 fully saturated rings. The van der Waals surface area contributed by atoms with Crippen LogP contribution in [0.2, 0.25) is 0 Å². The number of aliphatic hydroxyl groups excluding tert-OH is 1. The van der Waals surface area contributed by atoms with Gasteiger partial charge in [-0.3, -0.25) is 4.68 Å². The molecule has 2 N–H and O–H groups in total. The predicted octanol–water partition coefficient (Wildman–Crippen LogP) is 1.65. The van der Waals surface area contributed by atoms with Crippen LogP contribution in [0.25, 0.3) is 0 Å². The van der Waals surface area contributed by atoms with Gasteiger partial charge in [0.1, 0.15) is 0 Å². The first-order chi connectivity index (χ1) is 8.19. The van der Waals surface area contributed by atoms with E-state index in [4.69, 9.17) is 0 Å². The summed E-state index contributed by atoms with van der Waals surface area (Å²) in [5.41, 5.74) is 1.10. The van der Waals surface area contributed by atoms with E-state index in [-0.39, 0.29) is 12.1 Å². The Hall–Kier alpha value is -0.870. The van der Waals surface area contributed by atoms with Crippen LogP contribution in [-0.4, -0.2) is 33.6 Å². The molecule has 2 atom stereocenters. The van der Waals surface area contributed by atoms with Gasteiger partial charge in [-0.05, 0) is 44.7 Å². The number of rotatable bonds is 4. The topological polar surface area (TPSA) is 50.1 Å². The van der Waals surface area contributed by atoms with E-state index in [1.54, 1.807) is 0 Å². The van der Waals surface area contributed by atoms with Gasteiger partial charge in [0.15, 0.2) is 0 Å². The standard InChI is InChI=1S/C13H23N3O/c1-3-14-13(10-17)6-4-5-12(7-13)16-9-11(2)8-15-16/h8-9,12,14,17H,3-7,10H2,1-2H3. The Morgan fingerprint density at radius 3 is 3.06 bits per heavy atom. The lowest BCUT2D eigenvalue weighted by molar-refractivity contribution is 0.0961. The van der Waals surface area contributed by atoms with Gasteiger partial charge >= 0.3 is 0 Å². The molecule has 1 saturated carbocycles. The van der Waals surface area contributed by atoms with E-state index in [0.29, 0.717) is 6.04 Å². The molecule has 0 aliphatic heterocycles. The third-order valence-electron chi connectivity index (χ3n) is 3.78. The Bertz CT molecular complexity index is 359. The summed E-state index contributed by atoms with van der Waals surface area (Å²) in [5, 5.41) is 17.5. The molecule has 1 heterocycles. The summed E-state index contributed by atoms with van der Waals surface area (Å²) in [6.07, 6.45) is 8.35. The van der Waals surface area contributed by atoms with E-state index in [1.807, 2.05) is 6.20 Å². The minimum Gasteiger partial charge on any atom is -0.394 e. The minimum atomic E-state index is -0.0997. The highest BCUT2D eigenvalue weighted by molar-refractivity contribution is 5.02. The molecule has 1 aromatic heterocycles. The maximum Gasteiger partial charge on any atom is 0.0614 e. The Morgan fingerprint density at radius 1 is 1.65 bits per heavy atom. The monoisotopic (exact) mass is 237 g/mol. The molecule has 0 bridgehead atoms. The van der Waals surface area contributed by atoms with Crippen molar-refractivity contribution >= 4 is 0 Å². The van der Waals surface area contributed by atoms with Crippen LogP contribution in [0.5, 0.6) is 0 Å². The fourth-order valence-electron chi connectivity index (χ4n) is 2.92. The van der Waals surface area contributed by atoms with Gasteiger partial charge < -0.3 is 10.4 Å². The lowest BCUT2D eigenvalue weighted by Crippen LogP contribution is -2.51. The van der Waals surface area contributed by atoms with Crippen molar-refractivity contribution in [3.63, 3.8) is 0 Å². The number of hydrogen-bond donors (Lipinski definition) is 2. The normalized spacial score (nSPS) is 29.5. The first-order valence-electron chi connectivity index (χ1n) is 6.56. The summed E-state index contributed by atoms with van der Waals surface area (Å²) in [6, 6.07) is 0.420. The summed E-state index contributed by atoms with van der Waals surface area (Å²) in [4.78, 5) is 0. The van der Waals surface area contributed by atoms with Gasteiger partial charge in [-0.2, -0.15) is 5.10 Å². The number of aliphatic hydroxyl groups is 1. The van der Waals surface area contributed by atoms with Crippen molar-refractivity contribution in [3.05, 3.63) is 18.0 Å².